The lowest BCUT2D eigenvalue weighted by molar-refractivity contribution is 0.584. The minimum atomic E-state index is 0.631. The van der Waals surface area contributed by atoms with Gasteiger partial charge in [-0.15, -0.1) is 0 Å². The zero-order valence-electron chi connectivity index (χ0n) is 8.82. The molecule has 2 heterocycles. The second-order valence-corrected chi connectivity index (χ2v) is 3.71. The number of nitriles is 1. The minimum absolute atomic E-state index is 0.631. The molecular formula is C11H14N4. The van der Waals surface area contributed by atoms with Gasteiger partial charge in [0.1, 0.15) is 11.9 Å². The lowest BCUT2D eigenvalue weighted by Gasteiger charge is -2.29. The summed E-state index contributed by atoms with van der Waals surface area (Å²) in [5, 5.41) is 12.1. The number of hydrogen-bond donors (Lipinski definition) is 1. The molecule has 1 fully saturated rings. The van der Waals surface area contributed by atoms with Crippen molar-refractivity contribution in [2.45, 2.75) is 6.92 Å². The molecule has 4 heteroatoms. The molecule has 1 aromatic rings. The summed E-state index contributed by atoms with van der Waals surface area (Å²) in [6, 6.07) is 4.00. The van der Waals surface area contributed by atoms with E-state index in [-0.39, 0.29) is 0 Å². The van der Waals surface area contributed by atoms with Crippen LogP contribution < -0.4 is 10.2 Å². The third-order valence-electron chi connectivity index (χ3n) is 2.60. The van der Waals surface area contributed by atoms with E-state index >= 15 is 0 Å². The molecule has 0 aromatic carbocycles. The molecule has 2 rings (SSSR count). The highest BCUT2D eigenvalue weighted by Gasteiger charge is 2.13. The van der Waals surface area contributed by atoms with Gasteiger partial charge in [0.25, 0.3) is 0 Å². The van der Waals surface area contributed by atoms with Crippen LogP contribution in [-0.4, -0.2) is 31.2 Å². The van der Waals surface area contributed by atoms with Crippen LogP contribution in [0, 0.1) is 18.3 Å². The smallest absolute Gasteiger partial charge is 0.131 e. The summed E-state index contributed by atoms with van der Waals surface area (Å²) in [7, 11) is 0. The van der Waals surface area contributed by atoms with Crippen LogP contribution in [0.3, 0.4) is 0 Å². The standard InChI is InChI=1S/C11H14N4/c1-9-6-10(7-12)8-14-11(9)15-4-2-13-3-5-15/h6,8,13H,2-5H2,1H3. The second-order valence-electron chi connectivity index (χ2n) is 3.71. The SMILES string of the molecule is Cc1cc(C#N)cnc1N1CCNCC1. The number of nitrogens with one attached hydrogen (secondary N) is 1. The molecule has 1 saturated heterocycles. The van der Waals surface area contributed by atoms with Gasteiger partial charge < -0.3 is 10.2 Å². The Balaban J connectivity index is 2.24. The van der Waals surface area contributed by atoms with Crippen LogP contribution in [0.1, 0.15) is 11.1 Å². The molecule has 0 spiro atoms. The molecule has 78 valence electrons. The van der Waals surface area contributed by atoms with Gasteiger partial charge in [0.15, 0.2) is 0 Å². The second kappa shape index (κ2) is 4.28. The minimum Gasteiger partial charge on any atom is -0.354 e. The van der Waals surface area contributed by atoms with Gasteiger partial charge >= 0.3 is 0 Å². The van der Waals surface area contributed by atoms with Gasteiger partial charge in [-0.2, -0.15) is 5.26 Å². The summed E-state index contributed by atoms with van der Waals surface area (Å²) < 4.78 is 0. The van der Waals surface area contributed by atoms with Crippen molar-refractivity contribution in [3.63, 3.8) is 0 Å². The van der Waals surface area contributed by atoms with E-state index in [9.17, 15) is 0 Å². The summed E-state index contributed by atoms with van der Waals surface area (Å²) in [4.78, 5) is 6.61. The maximum absolute atomic E-state index is 8.75. The molecule has 0 atom stereocenters. The average molecular weight is 202 g/mol. The van der Waals surface area contributed by atoms with Crippen LogP contribution >= 0.6 is 0 Å². The topological polar surface area (TPSA) is 52.0 Å². The third kappa shape index (κ3) is 2.08. The molecule has 1 aromatic heterocycles. The van der Waals surface area contributed by atoms with Crippen LogP contribution in [0.5, 0.6) is 0 Å². The van der Waals surface area contributed by atoms with Crippen molar-refractivity contribution in [2.24, 2.45) is 0 Å². The van der Waals surface area contributed by atoms with E-state index in [0.29, 0.717) is 5.56 Å². The Bertz CT molecular complexity index is 388. The van der Waals surface area contributed by atoms with E-state index in [1.54, 1.807) is 6.20 Å². The van der Waals surface area contributed by atoms with Crippen LogP contribution in [0.2, 0.25) is 0 Å². The summed E-state index contributed by atoms with van der Waals surface area (Å²) in [5.74, 6) is 1.01. The molecule has 0 aliphatic carbocycles. The van der Waals surface area contributed by atoms with Crippen LogP contribution in [0.15, 0.2) is 12.3 Å². The number of aryl methyl sites for hydroxylation is 1. The van der Waals surface area contributed by atoms with Crippen molar-refractivity contribution in [3.05, 3.63) is 23.4 Å². The normalized spacial score (nSPS) is 16.1. The number of aromatic nitrogens is 1. The highest BCUT2D eigenvalue weighted by Crippen LogP contribution is 2.17. The van der Waals surface area contributed by atoms with E-state index in [1.807, 2.05) is 13.0 Å². The predicted octanol–water partition coefficient (Wildman–Crippen LogP) is 0.671. The van der Waals surface area contributed by atoms with E-state index in [2.05, 4.69) is 21.3 Å². The van der Waals surface area contributed by atoms with Crippen LogP contribution in [0.25, 0.3) is 0 Å². The van der Waals surface area contributed by atoms with E-state index < -0.39 is 0 Å². The summed E-state index contributed by atoms with van der Waals surface area (Å²) in [6.07, 6.45) is 1.64. The summed E-state index contributed by atoms with van der Waals surface area (Å²) in [5.41, 5.74) is 1.71. The van der Waals surface area contributed by atoms with Gasteiger partial charge in [-0.05, 0) is 18.6 Å². The Labute approximate surface area is 89.5 Å². The molecule has 4 nitrogen and oxygen atoms in total. The Hall–Kier alpha value is -1.60. The zero-order valence-corrected chi connectivity index (χ0v) is 8.82. The number of hydrogen-bond acceptors (Lipinski definition) is 4. The maximum Gasteiger partial charge on any atom is 0.131 e. The highest BCUT2D eigenvalue weighted by atomic mass is 15.2. The Kier molecular flexibility index (Phi) is 2.84. The van der Waals surface area contributed by atoms with Gasteiger partial charge in [0.2, 0.25) is 0 Å². The zero-order chi connectivity index (χ0) is 10.7. The molecule has 0 bridgehead atoms. The lowest BCUT2D eigenvalue weighted by Crippen LogP contribution is -2.44. The monoisotopic (exact) mass is 202 g/mol. The molecule has 0 unspecified atom stereocenters. The number of pyridine rings is 1. The quantitative estimate of drug-likeness (QED) is 0.727. The fourth-order valence-electron chi connectivity index (χ4n) is 1.84. The summed E-state index contributed by atoms with van der Waals surface area (Å²) in [6.45, 7) is 5.98. The molecule has 15 heavy (non-hydrogen) atoms. The van der Waals surface area contributed by atoms with Crippen molar-refractivity contribution in [2.75, 3.05) is 31.1 Å². The van der Waals surface area contributed by atoms with Gasteiger partial charge in [0.05, 0.1) is 5.56 Å². The van der Waals surface area contributed by atoms with Gasteiger partial charge in [-0.3, -0.25) is 0 Å². The molecular weight excluding hydrogens is 188 g/mol. The van der Waals surface area contributed by atoms with Crippen molar-refractivity contribution in [3.8, 4) is 6.07 Å². The first-order valence-corrected chi connectivity index (χ1v) is 5.13. The number of anilines is 1. The first-order chi connectivity index (χ1) is 7.31. The first-order valence-electron chi connectivity index (χ1n) is 5.13. The van der Waals surface area contributed by atoms with E-state index in [4.69, 9.17) is 5.26 Å². The average Bonchev–Trinajstić information content (AvgIpc) is 2.30. The Morgan fingerprint density at radius 1 is 1.47 bits per heavy atom. The highest BCUT2D eigenvalue weighted by molar-refractivity contribution is 5.49. The van der Waals surface area contributed by atoms with Gasteiger partial charge in [-0.25, -0.2) is 4.98 Å². The van der Waals surface area contributed by atoms with Crippen molar-refractivity contribution in [1.29, 1.82) is 5.26 Å². The van der Waals surface area contributed by atoms with Crippen molar-refractivity contribution < 1.29 is 0 Å². The molecule has 1 aliphatic rings. The number of rotatable bonds is 1. The molecule has 1 N–H and O–H groups in total. The lowest BCUT2D eigenvalue weighted by atomic mass is 10.2. The van der Waals surface area contributed by atoms with E-state index in [0.717, 1.165) is 37.6 Å². The molecule has 0 saturated carbocycles. The number of piperazine rings is 1. The van der Waals surface area contributed by atoms with Crippen LogP contribution in [-0.2, 0) is 0 Å². The molecule has 0 radical (unpaired) electrons. The van der Waals surface area contributed by atoms with Gasteiger partial charge in [0, 0.05) is 32.4 Å². The third-order valence-corrected chi connectivity index (χ3v) is 2.60. The maximum atomic E-state index is 8.75. The van der Waals surface area contributed by atoms with E-state index in [1.165, 1.54) is 0 Å². The van der Waals surface area contributed by atoms with Crippen molar-refractivity contribution >= 4 is 5.82 Å². The largest absolute Gasteiger partial charge is 0.354 e. The fourth-order valence-corrected chi connectivity index (χ4v) is 1.84. The molecule has 1 aliphatic heterocycles. The fraction of sp³-hybridized carbons (Fsp3) is 0.455. The van der Waals surface area contributed by atoms with Gasteiger partial charge in [-0.1, -0.05) is 0 Å². The van der Waals surface area contributed by atoms with Crippen molar-refractivity contribution in [1.82, 2.24) is 10.3 Å². The predicted molar refractivity (Wildman–Crippen MR) is 58.8 cm³/mol. The Morgan fingerprint density at radius 2 is 2.20 bits per heavy atom. The molecule has 0 amide bonds. The first kappa shape index (κ1) is 9.94. The Morgan fingerprint density at radius 3 is 2.80 bits per heavy atom. The van der Waals surface area contributed by atoms with Crippen LogP contribution in [0.4, 0.5) is 5.82 Å². The summed E-state index contributed by atoms with van der Waals surface area (Å²) >= 11 is 0. The number of nitrogens with zero attached hydrogens (tertiary/aromatic N) is 3.